The minimum atomic E-state index is 0.448. The fourth-order valence-electron chi connectivity index (χ4n) is 3.46. The largest absolute Gasteiger partial charge is 0.508 e. The number of hydrogen-bond donors (Lipinski definition) is 1. The zero-order valence-corrected chi connectivity index (χ0v) is 13.2. The smallest absolute Gasteiger partial charge is 0.120 e. The highest BCUT2D eigenvalue weighted by Gasteiger charge is 2.23. The minimum Gasteiger partial charge on any atom is -0.508 e. The van der Waals surface area contributed by atoms with Gasteiger partial charge >= 0.3 is 0 Å². The van der Waals surface area contributed by atoms with E-state index in [-0.39, 0.29) is 0 Å². The summed E-state index contributed by atoms with van der Waals surface area (Å²) in [5, 5.41) is 10.1. The summed E-state index contributed by atoms with van der Waals surface area (Å²) in [6.07, 6.45) is 5.37. The molecule has 2 rings (SSSR count). The van der Waals surface area contributed by atoms with E-state index in [1.807, 2.05) is 6.07 Å². The maximum atomic E-state index is 10.1. The summed E-state index contributed by atoms with van der Waals surface area (Å²) >= 11 is 0. The van der Waals surface area contributed by atoms with E-state index in [4.69, 9.17) is 0 Å². The highest BCUT2D eigenvalue weighted by molar-refractivity contribution is 5.38. The topological polar surface area (TPSA) is 23.5 Å². The molecule has 2 heteroatoms. The molecule has 20 heavy (non-hydrogen) atoms. The first-order valence-electron chi connectivity index (χ1n) is 8.19. The van der Waals surface area contributed by atoms with Crippen LogP contribution in [-0.4, -0.2) is 23.1 Å². The first-order chi connectivity index (χ1) is 9.65. The third-order valence-corrected chi connectivity index (χ3v) is 4.93. The van der Waals surface area contributed by atoms with Crippen molar-refractivity contribution in [3.8, 4) is 5.75 Å². The number of phenolic OH excluding ortho intramolecular Hbond substituents is 1. The molecule has 0 amide bonds. The SMILES string of the molecule is CCN(CC)Cc1cc([C@H]2CCCC[C@@H]2C)ccc1O. The molecule has 0 aromatic heterocycles. The fourth-order valence-corrected chi connectivity index (χ4v) is 3.46. The molecule has 0 bridgehead atoms. The quantitative estimate of drug-likeness (QED) is 0.853. The molecule has 0 spiro atoms. The molecule has 1 aromatic carbocycles. The summed E-state index contributed by atoms with van der Waals surface area (Å²) < 4.78 is 0. The van der Waals surface area contributed by atoms with Gasteiger partial charge in [0.25, 0.3) is 0 Å². The van der Waals surface area contributed by atoms with Gasteiger partial charge in [-0.05, 0) is 43.0 Å². The molecule has 0 saturated heterocycles. The van der Waals surface area contributed by atoms with E-state index >= 15 is 0 Å². The second-order valence-electron chi connectivity index (χ2n) is 6.22. The fraction of sp³-hybridized carbons (Fsp3) is 0.667. The lowest BCUT2D eigenvalue weighted by atomic mass is 9.76. The number of aromatic hydroxyl groups is 1. The monoisotopic (exact) mass is 275 g/mol. The van der Waals surface area contributed by atoms with E-state index < -0.39 is 0 Å². The molecule has 0 radical (unpaired) electrons. The average molecular weight is 275 g/mol. The molecule has 1 aliphatic rings. The Hall–Kier alpha value is -1.02. The van der Waals surface area contributed by atoms with Crippen LogP contribution in [0.4, 0.5) is 0 Å². The summed E-state index contributed by atoms with van der Waals surface area (Å²) in [5.41, 5.74) is 2.51. The zero-order valence-electron chi connectivity index (χ0n) is 13.2. The highest BCUT2D eigenvalue weighted by atomic mass is 16.3. The zero-order chi connectivity index (χ0) is 14.5. The van der Waals surface area contributed by atoms with Crippen molar-refractivity contribution in [2.45, 2.75) is 58.9 Å². The van der Waals surface area contributed by atoms with E-state index in [1.54, 1.807) is 0 Å². The van der Waals surface area contributed by atoms with Crippen LogP contribution in [0.2, 0.25) is 0 Å². The van der Waals surface area contributed by atoms with Gasteiger partial charge in [-0.25, -0.2) is 0 Å². The molecule has 1 aliphatic carbocycles. The Bertz CT molecular complexity index is 425. The first-order valence-corrected chi connectivity index (χ1v) is 8.19. The Kier molecular flexibility index (Phi) is 5.47. The maximum absolute atomic E-state index is 10.1. The lowest BCUT2D eigenvalue weighted by Gasteiger charge is -2.30. The third-order valence-electron chi connectivity index (χ3n) is 4.93. The van der Waals surface area contributed by atoms with Crippen LogP contribution in [0.25, 0.3) is 0 Å². The number of benzene rings is 1. The Balaban J connectivity index is 2.19. The van der Waals surface area contributed by atoms with Crippen LogP contribution in [0.3, 0.4) is 0 Å². The average Bonchev–Trinajstić information content (AvgIpc) is 2.47. The first kappa shape index (κ1) is 15.4. The van der Waals surface area contributed by atoms with Crippen molar-refractivity contribution >= 4 is 0 Å². The molecule has 2 atom stereocenters. The predicted octanol–water partition coefficient (Wildman–Crippen LogP) is 4.53. The standard InChI is InChI=1S/C18H29NO/c1-4-19(5-2)13-16-12-15(10-11-18(16)20)17-9-7-6-8-14(17)3/h10-12,14,17,20H,4-9,13H2,1-3H3/t14-,17-/m0/s1. The van der Waals surface area contributed by atoms with Gasteiger partial charge in [0.2, 0.25) is 0 Å². The molecule has 1 saturated carbocycles. The van der Waals surface area contributed by atoms with Gasteiger partial charge in [-0.2, -0.15) is 0 Å². The van der Waals surface area contributed by atoms with Gasteiger partial charge in [0.1, 0.15) is 5.75 Å². The lowest BCUT2D eigenvalue weighted by Crippen LogP contribution is -2.22. The van der Waals surface area contributed by atoms with Gasteiger partial charge in [0, 0.05) is 12.1 Å². The number of hydrogen-bond acceptors (Lipinski definition) is 2. The van der Waals surface area contributed by atoms with Crippen LogP contribution >= 0.6 is 0 Å². The van der Waals surface area contributed by atoms with Crippen LogP contribution < -0.4 is 0 Å². The van der Waals surface area contributed by atoms with Crippen LogP contribution in [0.5, 0.6) is 5.75 Å². The minimum absolute atomic E-state index is 0.448. The van der Waals surface area contributed by atoms with Gasteiger partial charge < -0.3 is 5.11 Å². The number of nitrogens with zero attached hydrogens (tertiary/aromatic N) is 1. The van der Waals surface area contributed by atoms with Crippen LogP contribution in [0.1, 0.15) is 63.5 Å². The summed E-state index contributed by atoms with van der Waals surface area (Å²) in [6.45, 7) is 9.63. The summed E-state index contributed by atoms with van der Waals surface area (Å²) in [7, 11) is 0. The Labute approximate surface area is 123 Å². The van der Waals surface area contributed by atoms with Gasteiger partial charge in [0.05, 0.1) is 0 Å². The highest BCUT2D eigenvalue weighted by Crippen LogP contribution is 2.38. The number of phenols is 1. The molecule has 0 aliphatic heterocycles. The molecule has 2 nitrogen and oxygen atoms in total. The van der Waals surface area contributed by atoms with Gasteiger partial charge in [0.15, 0.2) is 0 Å². The summed E-state index contributed by atoms with van der Waals surface area (Å²) in [6, 6.07) is 6.28. The van der Waals surface area contributed by atoms with Gasteiger partial charge in [-0.1, -0.05) is 52.2 Å². The normalized spacial score (nSPS) is 23.2. The van der Waals surface area contributed by atoms with Crippen molar-refractivity contribution < 1.29 is 5.11 Å². The maximum Gasteiger partial charge on any atom is 0.120 e. The van der Waals surface area contributed by atoms with Crippen molar-refractivity contribution in [1.82, 2.24) is 4.90 Å². The van der Waals surface area contributed by atoms with Crippen molar-refractivity contribution in [3.63, 3.8) is 0 Å². The molecular formula is C18H29NO. The van der Waals surface area contributed by atoms with Crippen molar-refractivity contribution in [3.05, 3.63) is 29.3 Å². The van der Waals surface area contributed by atoms with Crippen molar-refractivity contribution in [2.75, 3.05) is 13.1 Å². The molecule has 112 valence electrons. The summed E-state index contributed by atoms with van der Waals surface area (Å²) in [5.74, 6) is 1.90. The summed E-state index contributed by atoms with van der Waals surface area (Å²) in [4.78, 5) is 2.35. The molecule has 0 heterocycles. The van der Waals surface area contributed by atoms with E-state index in [1.165, 1.54) is 31.2 Å². The molecule has 0 unspecified atom stereocenters. The Morgan fingerprint density at radius 3 is 2.50 bits per heavy atom. The van der Waals surface area contributed by atoms with Gasteiger partial charge in [-0.15, -0.1) is 0 Å². The van der Waals surface area contributed by atoms with Crippen LogP contribution in [-0.2, 0) is 6.54 Å². The predicted molar refractivity (Wildman–Crippen MR) is 85.1 cm³/mol. The van der Waals surface area contributed by atoms with E-state index in [2.05, 4.69) is 37.8 Å². The van der Waals surface area contributed by atoms with Crippen molar-refractivity contribution in [1.29, 1.82) is 0 Å². The lowest BCUT2D eigenvalue weighted by molar-refractivity contribution is 0.290. The van der Waals surface area contributed by atoms with E-state index in [9.17, 15) is 5.11 Å². The van der Waals surface area contributed by atoms with E-state index in [0.29, 0.717) is 11.7 Å². The second kappa shape index (κ2) is 7.12. The Morgan fingerprint density at radius 2 is 1.85 bits per heavy atom. The van der Waals surface area contributed by atoms with Gasteiger partial charge in [-0.3, -0.25) is 4.90 Å². The van der Waals surface area contributed by atoms with Crippen molar-refractivity contribution in [2.24, 2.45) is 5.92 Å². The van der Waals surface area contributed by atoms with Crippen LogP contribution in [0, 0.1) is 5.92 Å². The molecule has 1 aromatic rings. The third kappa shape index (κ3) is 3.54. The molecule has 1 N–H and O–H groups in total. The van der Waals surface area contributed by atoms with E-state index in [0.717, 1.165) is 31.1 Å². The number of rotatable bonds is 5. The molecular weight excluding hydrogens is 246 g/mol. The Morgan fingerprint density at radius 1 is 1.15 bits per heavy atom. The molecule has 1 fully saturated rings. The second-order valence-corrected chi connectivity index (χ2v) is 6.22. The van der Waals surface area contributed by atoms with Crippen LogP contribution in [0.15, 0.2) is 18.2 Å².